The largest absolute Gasteiger partial charge is 0.426 e. The van der Waals surface area contributed by atoms with Crippen molar-refractivity contribution in [3.05, 3.63) is 11.0 Å². The first-order valence-electron chi connectivity index (χ1n) is 2.51. The Balaban J connectivity index is 3.09. The molecule has 1 aliphatic heterocycles. The summed E-state index contributed by atoms with van der Waals surface area (Å²) in [5.74, 6) is 0. The molecular formula is C4H3F3O2S2. The van der Waals surface area contributed by atoms with Gasteiger partial charge in [-0.2, -0.15) is 13.2 Å². The van der Waals surface area contributed by atoms with E-state index < -0.39 is 19.9 Å². The Labute approximate surface area is 65.9 Å². The highest BCUT2D eigenvalue weighted by Gasteiger charge is 2.43. The molecule has 64 valence electrons. The third-order valence-electron chi connectivity index (χ3n) is 1.04. The average Bonchev–Trinajstić information content (AvgIpc) is 2.06. The normalized spacial score (nSPS) is 32.1. The van der Waals surface area contributed by atoms with Crippen LogP contribution in [0.25, 0.3) is 0 Å². The van der Waals surface area contributed by atoms with Gasteiger partial charge in [-0.05, 0) is 6.08 Å². The highest BCUT2D eigenvalue weighted by atomic mass is 32.8. The van der Waals surface area contributed by atoms with Gasteiger partial charge in [0.15, 0.2) is 8.77 Å². The van der Waals surface area contributed by atoms with Crippen molar-refractivity contribution in [2.45, 2.75) is 6.18 Å². The molecule has 1 rings (SSSR count). The van der Waals surface area contributed by atoms with Crippen LogP contribution in [0.5, 0.6) is 0 Å². The summed E-state index contributed by atoms with van der Waals surface area (Å²) in [7, 11) is -3.68. The van der Waals surface area contributed by atoms with E-state index in [0.717, 1.165) is 0 Å². The fourth-order valence-corrected chi connectivity index (χ4v) is 2.21. The summed E-state index contributed by atoms with van der Waals surface area (Å²) in [6, 6.07) is 0. The van der Waals surface area contributed by atoms with E-state index in [1.165, 1.54) is 0 Å². The molecule has 0 fully saturated rings. The molecule has 0 radical (unpaired) electrons. The van der Waals surface area contributed by atoms with Crippen LogP contribution >= 0.6 is 0 Å². The number of rotatable bonds is 0. The predicted molar refractivity (Wildman–Crippen MR) is 35.6 cm³/mol. The minimum Gasteiger partial charge on any atom is -0.282 e. The minimum absolute atomic E-state index is 0.322. The summed E-state index contributed by atoms with van der Waals surface area (Å²) in [4.78, 5) is -1.24. The predicted octanol–water partition coefficient (Wildman–Crippen LogP) is 1.12. The maximum Gasteiger partial charge on any atom is 0.426 e. The quantitative estimate of drug-likeness (QED) is 0.591. The van der Waals surface area contributed by atoms with Crippen molar-refractivity contribution in [1.29, 1.82) is 0 Å². The van der Waals surface area contributed by atoms with Gasteiger partial charge in [0.05, 0.1) is 6.61 Å². The smallest absolute Gasteiger partial charge is 0.282 e. The number of allylic oxidation sites excluding steroid dienone is 1. The van der Waals surface area contributed by atoms with E-state index in [2.05, 4.69) is 15.4 Å². The second-order valence-electron chi connectivity index (χ2n) is 1.80. The zero-order valence-electron chi connectivity index (χ0n) is 5.05. The Kier molecular flexibility index (Phi) is 1.97. The molecule has 2 nitrogen and oxygen atoms in total. The highest BCUT2D eigenvalue weighted by Crippen LogP contribution is 2.33. The van der Waals surface area contributed by atoms with Gasteiger partial charge in [0, 0.05) is 11.2 Å². The van der Waals surface area contributed by atoms with Crippen molar-refractivity contribution in [1.82, 2.24) is 0 Å². The van der Waals surface area contributed by atoms with Crippen molar-refractivity contribution in [3.63, 3.8) is 0 Å². The minimum atomic E-state index is -4.63. The zero-order chi connectivity index (χ0) is 8.70. The molecule has 0 saturated heterocycles. The number of halogens is 3. The van der Waals surface area contributed by atoms with Gasteiger partial charge >= 0.3 is 6.18 Å². The van der Waals surface area contributed by atoms with Crippen molar-refractivity contribution in [2.24, 2.45) is 0 Å². The second-order valence-corrected chi connectivity index (χ2v) is 4.71. The van der Waals surface area contributed by atoms with Gasteiger partial charge in [0.2, 0.25) is 0 Å². The van der Waals surface area contributed by atoms with E-state index in [9.17, 15) is 17.4 Å². The van der Waals surface area contributed by atoms with Gasteiger partial charge in [0.25, 0.3) is 0 Å². The van der Waals surface area contributed by atoms with Crippen LogP contribution in [-0.2, 0) is 24.1 Å². The molecule has 1 unspecified atom stereocenters. The van der Waals surface area contributed by atoms with Crippen molar-refractivity contribution in [2.75, 3.05) is 6.61 Å². The third kappa shape index (κ3) is 1.71. The molecule has 1 heterocycles. The first-order chi connectivity index (χ1) is 4.84. The molecule has 0 aliphatic carbocycles. The molecule has 1 aliphatic rings. The van der Waals surface area contributed by atoms with Crippen molar-refractivity contribution < 1.29 is 21.6 Å². The van der Waals surface area contributed by atoms with Gasteiger partial charge in [0.1, 0.15) is 4.91 Å². The van der Waals surface area contributed by atoms with Crippen LogP contribution in [0.2, 0.25) is 0 Å². The summed E-state index contributed by atoms with van der Waals surface area (Å²) < 4.78 is 50.6. The summed E-state index contributed by atoms with van der Waals surface area (Å²) in [5, 5.41) is 0. The van der Waals surface area contributed by atoms with E-state index in [1.54, 1.807) is 0 Å². The molecule has 11 heavy (non-hydrogen) atoms. The lowest BCUT2D eigenvalue weighted by atomic mass is 10.5. The van der Waals surface area contributed by atoms with Crippen LogP contribution in [0.15, 0.2) is 11.0 Å². The molecule has 1 atom stereocenters. The molecular weight excluding hydrogens is 201 g/mol. The van der Waals surface area contributed by atoms with Gasteiger partial charge in [-0.1, -0.05) is 0 Å². The average molecular weight is 204 g/mol. The van der Waals surface area contributed by atoms with E-state index in [-0.39, 0.29) is 6.61 Å². The second kappa shape index (κ2) is 2.43. The van der Waals surface area contributed by atoms with Crippen molar-refractivity contribution in [3.8, 4) is 0 Å². The molecule has 0 aromatic carbocycles. The van der Waals surface area contributed by atoms with Crippen LogP contribution in [0.1, 0.15) is 0 Å². The molecule has 0 aromatic rings. The molecule has 0 N–H and O–H groups in total. The Hall–Kier alpha value is -0.140. The molecule has 0 amide bonds. The van der Waals surface area contributed by atoms with Crippen LogP contribution in [0.4, 0.5) is 13.2 Å². The van der Waals surface area contributed by atoms with Gasteiger partial charge < -0.3 is 0 Å². The standard InChI is InChI=1S/C4H3F3O2S2/c5-4(6,7)3-1-2-9-11(3,8)10/h1H,2H2. The Morgan fingerprint density at radius 2 is 2.18 bits per heavy atom. The molecule has 0 saturated carbocycles. The molecule has 0 bridgehead atoms. The third-order valence-corrected chi connectivity index (χ3v) is 3.25. The maximum atomic E-state index is 11.9. The number of hydrogen-bond acceptors (Lipinski definition) is 3. The maximum absolute atomic E-state index is 11.9. The molecule has 0 aromatic heterocycles. The van der Waals surface area contributed by atoms with Crippen LogP contribution in [0.3, 0.4) is 0 Å². The van der Waals surface area contributed by atoms with Crippen LogP contribution in [-0.4, -0.2) is 17.0 Å². The van der Waals surface area contributed by atoms with E-state index in [4.69, 9.17) is 0 Å². The SMILES string of the molecule is O=S1(=S)OCC=C1C(F)(F)F. The fourth-order valence-electron chi connectivity index (χ4n) is 0.622. The Morgan fingerprint density at radius 1 is 1.64 bits per heavy atom. The summed E-state index contributed by atoms with van der Waals surface area (Å²) in [6.07, 6.45) is -3.93. The van der Waals surface area contributed by atoms with Crippen molar-refractivity contribution >= 4 is 20.0 Å². The lowest BCUT2D eigenvalue weighted by Crippen LogP contribution is -2.16. The highest BCUT2D eigenvalue weighted by molar-refractivity contribution is 8.32. The first kappa shape index (κ1) is 8.95. The summed E-state index contributed by atoms with van der Waals surface area (Å²) in [6.45, 7) is -0.322. The first-order valence-corrected chi connectivity index (χ1v) is 4.91. The van der Waals surface area contributed by atoms with Gasteiger partial charge in [-0.25, -0.2) is 4.21 Å². The lowest BCUT2D eigenvalue weighted by Gasteiger charge is -2.06. The van der Waals surface area contributed by atoms with Crippen LogP contribution < -0.4 is 0 Å². The van der Waals surface area contributed by atoms with Crippen LogP contribution in [0, 0.1) is 0 Å². The van der Waals surface area contributed by atoms with Gasteiger partial charge in [-0.15, -0.1) is 0 Å². The number of hydrogen-bond donors (Lipinski definition) is 0. The van der Waals surface area contributed by atoms with E-state index in [0.29, 0.717) is 6.08 Å². The molecule has 0 spiro atoms. The fraction of sp³-hybridized carbons (Fsp3) is 0.500. The topological polar surface area (TPSA) is 26.3 Å². The van der Waals surface area contributed by atoms with E-state index in [1.807, 2.05) is 0 Å². The Morgan fingerprint density at radius 3 is 2.36 bits per heavy atom. The summed E-state index contributed by atoms with van der Waals surface area (Å²) >= 11 is 4.10. The lowest BCUT2D eigenvalue weighted by molar-refractivity contribution is -0.0841. The summed E-state index contributed by atoms with van der Waals surface area (Å²) in [5.41, 5.74) is 0. The monoisotopic (exact) mass is 204 g/mol. The molecule has 7 heteroatoms. The zero-order valence-corrected chi connectivity index (χ0v) is 6.68. The Bertz CT molecular complexity index is 287. The van der Waals surface area contributed by atoms with E-state index >= 15 is 0 Å². The van der Waals surface area contributed by atoms with Gasteiger partial charge in [-0.3, -0.25) is 4.18 Å². The number of alkyl halides is 3.